The number of anilines is 1. The van der Waals surface area contributed by atoms with E-state index in [-0.39, 0.29) is 0 Å². The van der Waals surface area contributed by atoms with Crippen molar-refractivity contribution in [2.24, 2.45) is 0 Å². The first kappa shape index (κ1) is 17.1. The van der Waals surface area contributed by atoms with Gasteiger partial charge in [-0.15, -0.1) is 0 Å². The molecule has 1 aromatic carbocycles. The lowest BCUT2D eigenvalue weighted by atomic mass is 9.63. The molecule has 0 saturated carbocycles. The van der Waals surface area contributed by atoms with Gasteiger partial charge in [0.15, 0.2) is 0 Å². The summed E-state index contributed by atoms with van der Waals surface area (Å²) in [4.78, 5) is 2.23. The fourth-order valence-electron chi connectivity index (χ4n) is 3.19. The zero-order chi connectivity index (χ0) is 15.7. The van der Waals surface area contributed by atoms with Crippen LogP contribution in [-0.4, -0.2) is 14.1 Å². The minimum atomic E-state index is 0.309. The monoisotopic (exact) mass is 275 g/mol. The molecular formula is C19H33N. The Bertz CT molecular complexity index is 467. The second-order valence-electron chi connectivity index (χ2n) is 7.35. The third kappa shape index (κ3) is 3.02. The molecule has 2 rings (SSSR count). The van der Waals surface area contributed by atoms with E-state index in [2.05, 4.69) is 65.7 Å². The molecule has 0 aliphatic heterocycles. The summed E-state index contributed by atoms with van der Waals surface area (Å²) in [7, 11) is 4.27. The molecule has 0 fully saturated rings. The second-order valence-corrected chi connectivity index (χ2v) is 7.35. The molecule has 1 aliphatic rings. The highest BCUT2D eigenvalue weighted by Crippen LogP contribution is 2.47. The highest BCUT2D eigenvalue weighted by atomic mass is 15.1. The van der Waals surface area contributed by atoms with Crippen LogP contribution in [0.3, 0.4) is 0 Å². The zero-order valence-electron chi connectivity index (χ0n) is 15.0. The molecule has 114 valence electrons. The highest BCUT2D eigenvalue weighted by Gasteiger charge is 2.37. The molecule has 0 atom stereocenters. The van der Waals surface area contributed by atoms with Crippen molar-refractivity contribution >= 4 is 5.69 Å². The molecule has 0 aromatic heterocycles. The normalized spacial score (nSPS) is 18.6. The lowest BCUT2D eigenvalue weighted by molar-refractivity contribution is 0.332. The Morgan fingerprint density at radius 2 is 1.25 bits per heavy atom. The predicted octanol–water partition coefficient (Wildman–Crippen LogP) is 5.44. The standard InChI is InChI=1S/C17H27N.C2H6/c1-12-10-13-14(11-15(12)18(6)7)17(4,5)9-8-16(13,2)3;1-2/h10-11H,8-9H2,1-7H3;1-2H3. The Kier molecular flexibility index (Phi) is 4.94. The molecule has 0 bridgehead atoms. The molecule has 0 amide bonds. The van der Waals surface area contributed by atoms with Crippen LogP contribution in [0, 0.1) is 6.92 Å². The number of hydrogen-bond acceptors (Lipinski definition) is 1. The van der Waals surface area contributed by atoms with Crippen molar-refractivity contribution in [2.45, 2.75) is 72.1 Å². The van der Waals surface area contributed by atoms with Crippen LogP contribution in [0.4, 0.5) is 5.69 Å². The van der Waals surface area contributed by atoms with Crippen molar-refractivity contribution < 1.29 is 0 Å². The topological polar surface area (TPSA) is 3.24 Å². The minimum Gasteiger partial charge on any atom is -0.377 e. The smallest absolute Gasteiger partial charge is 0.0393 e. The van der Waals surface area contributed by atoms with Crippen LogP contribution in [0.25, 0.3) is 0 Å². The van der Waals surface area contributed by atoms with E-state index in [4.69, 9.17) is 0 Å². The van der Waals surface area contributed by atoms with Crippen LogP contribution >= 0.6 is 0 Å². The minimum absolute atomic E-state index is 0.309. The SMILES string of the molecule is CC.Cc1cc2c(cc1N(C)C)C(C)(C)CCC2(C)C. The van der Waals surface area contributed by atoms with Crippen molar-refractivity contribution in [3.05, 3.63) is 28.8 Å². The van der Waals surface area contributed by atoms with Crippen molar-refractivity contribution in [1.82, 2.24) is 0 Å². The van der Waals surface area contributed by atoms with Gasteiger partial charge in [-0.25, -0.2) is 0 Å². The molecule has 0 spiro atoms. The van der Waals surface area contributed by atoms with Crippen LogP contribution in [0.2, 0.25) is 0 Å². The molecule has 1 aliphatic carbocycles. The molecule has 0 saturated heterocycles. The molecule has 1 aromatic rings. The quantitative estimate of drug-likeness (QED) is 0.660. The molecule has 0 heterocycles. The first-order valence-corrected chi connectivity index (χ1v) is 7.98. The Labute approximate surface area is 126 Å². The van der Waals surface area contributed by atoms with Gasteiger partial charge in [0.05, 0.1) is 0 Å². The van der Waals surface area contributed by atoms with E-state index in [1.165, 1.54) is 24.1 Å². The maximum atomic E-state index is 2.42. The largest absolute Gasteiger partial charge is 0.377 e. The van der Waals surface area contributed by atoms with Crippen LogP contribution in [0.1, 0.15) is 71.1 Å². The van der Waals surface area contributed by atoms with Gasteiger partial charge < -0.3 is 4.90 Å². The number of fused-ring (bicyclic) bond motifs is 1. The Balaban J connectivity index is 0.000000956. The van der Waals surface area contributed by atoms with Gasteiger partial charge in [-0.3, -0.25) is 0 Å². The van der Waals surface area contributed by atoms with Gasteiger partial charge in [0, 0.05) is 19.8 Å². The summed E-state index contributed by atoms with van der Waals surface area (Å²) < 4.78 is 0. The number of rotatable bonds is 1. The molecule has 0 N–H and O–H groups in total. The van der Waals surface area contributed by atoms with E-state index in [9.17, 15) is 0 Å². The van der Waals surface area contributed by atoms with E-state index >= 15 is 0 Å². The number of nitrogens with zero attached hydrogens (tertiary/aromatic N) is 1. The van der Waals surface area contributed by atoms with E-state index in [1.54, 1.807) is 11.1 Å². The van der Waals surface area contributed by atoms with Gasteiger partial charge in [-0.2, -0.15) is 0 Å². The Morgan fingerprint density at radius 3 is 1.65 bits per heavy atom. The summed E-state index contributed by atoms with van der Waals surface area (Å²) in [6.07, 6.45) is 2.57. The molecule has 0 radical (unpaired) electrons. The highest BCUT2D eigenvalue weighted by molar-refractivity contribution is 5.59. The first-order valence-electron chi connectivity index (χ1n) is 7.98. The Hall–Kier alpha value is -0.980. The zero-order valence-corrected chi connectivity index (χ0v) is 15.0. The predicted molar refractivity (Wildman–Crippen MR) is 92.1 cm³/mol. The average molecular weight is 275 g/mol. The van der Waals surface area contributed by atoms with Gasteiger partial charge >= 0.3 is 0 Å². The first-order chi connectivity index (χ1) is 9.15. The van der Waals surface area contributed by atoms with Crippen molar-refractivity contribution in [3.8, 4) is 0 Å². The fourth-order valence-corrected chi connectivity index (χ4v) is 3.19. The average Bonchev–Trinajstić information content (AvgIpc) is 2.37. The van der Waals surface area contributed by atoms with Crippen molar-refractivity contribution in [1.29, 1.82) is 0 Å². The molecule has 1 heteroatoms. The third-order valence-corrected chi connectivity index (χ3v) is 4.65. The Morgan fingerprint density at radius 1 is 0.850 bits per heavy atom. The van der Waals surface area contributed by atoms with E-state index in [0.29, 0.717) is 10.8 Å². The summed E-state index contributed by atoms with van der Waals surface area (Å²) in [6.45, 7) is 15.8. The molecule has 0 unspecified atom stereocenters. The van der Waals surface area contributed by atoms with Gasteiger partial charge in [-0.1, -0.05) is 47.6 Å². The summed E-state index contributed by atoms with van der Waals surface area (Å²) in [5, 5.41) is 0. The number of aryl methyl sites for hydroxylation is 1. The van der Waals surface area contributed by atoms with Crippen LogP contribution in [-0.2, 0) is 10.8 Å². The molecular weight excluding hydrogens is 242 g/mol. The van der Waals surface area contributed by atoms with Gasteiger partial charge in [0.25, 0.3) is 0 Å². The summed E-state index contributed by atoms with van der Waals surface area (Å²) in [6, 6.07) is 4.84. The van der Waals surface area contributed by atoms with Crippen LogP contribution < -0.4 is 4.90 Å². The van der Waals surface area contributed by atoms with E-state index in [0.717, 1.165) is 0 Å². The lowest BCUT2D eigenvalue weighted by Gasteiger charge is -2.42. The van der Waals surface area contributed by atoms with Crippen LogP contribution in [0.5, 0.6) is 0 Å². The van der Waals surface area contributed by atoms with Crippen LogP contribution in [0.15, 0.2) is 12.1 Å². The summed E-state index contributed by atoms with van der Waals surface area (Å²) in [5.74, 6) is 0. The molecule has 20 heavy (non-hydrogen) atoms. The number of hydrogen-bond donors (Lipinski definition) is 0. The summed E-state index contributed by atoms with van der Waals surface area (Å²) in [5.41, 5.74) is 6.49. The lowest BCUT2D eigenvalue weighted by Crippen LogP contribution is -2.34. The van der Waals surface area contributed by atoms with Crippen molar-refractivity contribution in [2.75, 3.05) is 19.0 Å². The van der Waals surface area contributed by atoms with Crippen molar-refractivity contribution in [3.63, 3.8) is 0 Å². The number of benzene rings is 1. The summed E-state index contributed by atoms with van der Waals surface area (Å²) >= 11 is 0. The molecule has 1 nitrogen and oxygen atoms in total. The fraction of sp³-hybridized carbons (Fsp3) is 0.684. The third-order valence-electron chi connectivity index (χ3n) is 4.65. The van der Waals surface area contributed by atoms with E-state index < -0.39 is 0 Å². The van der Waals surface area contributed by atoms with E-state index in [1.807, 2.05) is 13.8 Å². The van der Waals surface area contributed by atoms with Gasteiger partial charge in [0.2, 0.25) is 0 Å². The maximum absolute atomic E-state index is 2.42. The second kappa shape index (κ2) is 5.79. The van der Waals surface area contributed by atoms with Gasteiger partial charge in [0.1, 0.15) is 0 Å². The maximum Gasteiger partial charge on any atom is 0.0393 e. The van der Waals surface area contributed by atoms with Gasteiger partial charge in [-0.05, 0) is 53.4 Å².